The van der Waals surface area contributed by atoms with Crippen LogP contribution in [0.4, 0.5) is 24.5 Å². The highest BCUT2D eigenvalue weighted by atomic mass is 19.4. The first-order valence-corrected chi connectivity index (χ1v) is 10.8. The summed E-state index contributed by atoms with van der Waals surface area (Å²) in [5.41, 5.74) is 1.10. The normalized spacial score (nSPS) is 15.8. The predicted molar refractivity (Wildman–Crippen MR) is 122 cm³/mol. The Morgan fingerprint density at radius 1 is 1.06 bits per heavy atom. The predicted octanol–water partition coefficient (Wildman–Crippen LogP) is 3.62. The van der Waals surface area contributed by atoms with Gasteiger partial charge in [-0.25, -0.2) is 0 Å². The van der Waals surface area contributed by atoms with Crippen LogP contribution in [0.1, 0.15) is 18.1 Å². The van der Waals surface area contributed by atoms with Crippen molar-refractivity contribution in [2.45, 2.75) is 26.1 Å². The molecule has 0 aliphatic carbocycles. The largest absolute Gasteiger partial charge is 0.418 e. The zero-order chi connectivity index (χ0) is 24.2. The average Bonchev–Trinajstić information content (AvgIpc) is 2.77. The number of para-hydroxylation sites is 1. The van der Waals surface area contributed by atoms with Gasteiger partial charge >= 0.3 is 6.18 Å². The number of benzene rings is 2. The number of nitrogens with one attached hydrogen (secondary N) is 1. The van der Waals surface area contributed by atoms with Crippen molar-refractivity contribution in [3.63, 3.8) is 0 Å². The SMILES string of the molecule is Cc1cccc(N2CCN(C(C)C(=O)N(C)CC(=O)Nc3ccccc3C(F)(F)F)CC2)c1. The van der Waals surface area contributed by atoms with Crippen LogP contribution in [0.2, 0.25) is 0 Å². The van der Waals surface area contributed by atoms with Gasteiger partial charge in [-0.1, -0.05) is 24.3 Å². The summed E-state index contributed by atoms with van der Waals surface area (Å²) >= 11 is 0. The third-order valence-corrected chi connectivity index (χ3v) is 5.85. The van der Waals surface area contributed by atoms with Crippen molar-refractivity contribution in [2.24, 2.45) is 0 Å². The number of rotatable bonds is 6. The third-order valence-electron chi connectivity index (χ3n) is 5.85. The molecular formula is C24H29F3N4O2. The fourth-order valence-corrected chi connectivity index (χ4v) is 3.99. The zero-order valence-electron chi connectivity index (χ0n) is 19.0. The first-order valence-electron chi connectivity index (χ1n) is 10.8. The molecule has 1 unspecified atom stereocenters. The molecule has 1 saturated heterocycles. The van der Waals surface area contributed by atoms with Gasteiger partial charge in [0.2, 0.25) is 11.8 Å². The van der Waals surface area contributed by atoms with Gasteiger partial charge in [0.15, 0.2) is 0 Å². The summed E-state index contributed by atoms with van der Waals surface area (Å²) < 4.78 is 39.4. The first-order chi connectivity index (χ1) is 15.6. The van der Waals surface area contributed by atoms with Crippen LogP contribution in [0.5, 0.6) is 0 Å². The van der Waals surface area contributed by atoms with Gasteiger partial charge in [-0.3, -0.25) is 14.5 Å². The maximum Gasteiger partial charge on any atom is 0.418 e. The molecule has 178 valence electrons. The lowest BCUT2D eigenvalue weighted by molar-refractivity contribution is -0.138. The van der Waals surface area contributed by atoms with Gasteiger partial charge in [0.1, 0.15) is 0 Å². The number of nitrogens with zero attached hydrogens (tertiary/aromatic N) is 3. The van der Waals surface area contributed by atoms with Gasteiger partial charge in [0.25, 0.3) is 0 Å². The number of hydrogen-bond acceptors (Lipinski definition) is 4. The van der Waals surface area contributed by atoms with E-state index in [1.54, 1.807) is 6.92 Å². The minimum atomic E-state index is -4.58. The van der Waals surface area contributed by atoms with Crippen LogP contribution in [0.25, 0.3) is 0 Å². The summed E-state index contributed by atoms with van der Waals surface area (Å²) in [5, 5.41) is 2.28. The van der Waals surface area contributed by atoms with Crippen molar-refractivity contribution in [3.05, 3.63) is 59.7 Å². The Hall–Kier alpha value is -3.07. The van der Waals surface area contributed by atoms with Crippen molar-refractivity contribution in [2.75, 3.05) is 50.0 Å². The van der Waals surface area contributed by atoms with Gasteiger partial charge in [-0.2, -0.15) is 13.2 Å². The van der Waals surface area contributed by atoms with Crippen LogP contribution in [0.3, 0.4) is 0 Å². The van der Waals surface area contributed by atoms with E-state index in [2.05, 4.69) is 27.2 Å². The highest BCUT2D eigenvalue weighted by Crippen LogP contribution is 2.34. The molecule has 1 heterocycles. The Morgan fingerprint density at radius 2 is 1.73 bits per heavy atom. The minimum Gasteiger partial charge on any atom is -0.369 e. The number of carbonyl (C=O) groups excluding carboxylic acids is 2. The quantitative estimate of drug-likeness (QED) is 0.713. The molecule has 0 saturated carbocycles. The van der Waals surface area contributed by atoms with Gasteiger partial charge in [0, 0.05) is 38.9 Å². The molecular weight excluding hydrogens is 433 g/mol. The van der Waals surface area contributed by atoms with E-state index in [-0.39, 0.29) is 18.1 Å². The number of likely N-dealkylation sites (N-methyl/N-ethyl adjacent to an activating group) is 1. The zero-order valence-corrected chi connectivity index (χ0v) is 19.0. The second-order valence-corrected chi connectivity index (χ2v) is 8.32. The molecule has 0 radical (unpaired) electrons. The summed E-state index contributed by atoms with van der Waals surface area (Å²) in [7, 11) is 1.48. The van der Waals surface area contributed by atoms with Crippen molar-refractivity contribution in [1.82, 2.24) is 9.80 Å². The van der Waals surface area contributed by atoms with Gasteiger partial charge in [-0.05, 0) is 43.7 Å². The summed E-state index contributed by atoms with van der Waals surface area (Å²) in [6, 6.07) is 12.6. The van der Waals surface area contributed by atoms with E-state index in [1.165, 1.54) is 35.7 Å². The number of hydrogen-bond donors (Lipinski definition) is 1. The van der Waals surface area contributed by atoms with E-state index in [9.17, 15) is 22.8 Å². The summed E-state index contributed by atoms with van der Waals surface area (Å²) in [4.78, 5) is 30.8. The van der Waals surface area contributed by atoms with E-state index in [4.69, 9.17) is 0 Å². The van der Waals surface area contributed by atoms with E-state index in [0.717, 1.165) is 24.8 Å². The van der Waals surface area contributed by atoms with Crippen LogP contribution >= 0.6 is 0 Å². The number of halogens is 3. The number of anilines is 2. The third kappa shape index (κ3) is 6.25. The van der Waals surface area contributed by atoms with E-state index < -0.39 is 23.7 Å². The fraction of sp³-hybridized carbons (Fsp3) is 0.417. The van der Waals surface area contributed by atoms with Crippen molar-refractivity contribution >= 4 is 23.2 Å². The molecule has 0 bridgehead atoms. The minimum absolute atomic E-state index is 0.252. The van der Waals surface area contributed by atoms with E-state index in [0.29, 0.717) is 13.1 Å². The fourth-order valence-electron chi connectivity index (χ4n) is 3.99. The van der Waals surface area contributed by atoms with Crippen molar-refractivity contribution in [3.8, 4) is 0 Å². The van der Waals surface area contributed by atoms with E-state index in [1.807, 2.05) is 19.1 Å². The van der Waals surface area contributed by atoms with Gasteiger partial charge < -0.3 is 15.1 Å². The monoisotopic (exact) mass is 462 g/mol. The number of alkyl halides is 3. The first kappa shape index (κ1) is 24.6. The van der Waals surface area contributed by atoms with Gasteiger partial charge in [0.05, 0.1) is 23.8 Å². The van der Waals surface area contributed by atoms with Crippen LogP contribution in [-0.2, 0) is 15.8 Å². The Kier molecular flexibility index (Phi) is 7.63. The Balaban J connectivity index is 1.53. The Bertz CT molecular complexity index is 988. The van der Waals surface area contributed by atoms with Crippen molar-refractivity contribution < 1.29 is 22.8 Å². The standard InChI is InChI=1S/C24H29F3N4O2/c1-17-7-6-8-19(15-17)31-13-11-30(12-14-31)18(2)23(33)29(3)16-22(32)28-21-10-5-4-9-20(21)24(25,26)27/h4-10,15,18H,11-14,16H2,1-3H3,(H,28,32). The molecule has 6 nitrogen and oxygen atoms in total. The molecule has 3 rings (SSSR count). The molecule has 1 atom stereocenters. The highest BCUT2D eigenvalue weighted by Gasteiger charge is 2.34. The molecule has 2 aromatic rings. The molecule has 0 aromatic heterocycles. The Morgan fingerprint density at radius 3 is 2.36 bits per heavy atom. The molecule has 1 aliphatic rings. The van der Waals surface area contributed by atoms with E-state index >= 15 is 0 Å². The molecule has 1 fully saturated rings. The molecule has 0 spiro atoms. The topological polar surface area (TPSA) is 55.9 Å². The molecule has 1 aliphatic heterocycles. The van der Waals surface area contributed by atoms with Crippen LogP contribution in [0.15, 0.2) is 48.5 Å². The number of aryl methyl sites for hydroxylation is 1. The maximum atomic E-state index is 13.1. The van der Waals surface area contributed by atoms with Crippen molar-refractivity contribution in [1.29, 1.82) is 0 Å². The van der Waals surface area contributed by atoms with Crippen LogP contribution < -0.4 is 10.2 Å². The molecule has 1 N–H and O–H groups in total. The van der Waals surface area contributed by atoms with Crippen LogP contribution in [-0.4, -0.2) is 67.4 Å². The van der Waals surface area contributed by atoms with Crippen LogP contribution in [0, 0.1) is 6.92 Å². The molecule has 2 aromatic carbocycles. The lowest BCUT2D eigenvalue weighted by Crippen LogP contribution is -2.54. The smallest absolute Gasteiger partial charge is 0.369 e. The number of amides is 2. The lowest BCUT2D eigenvalue weighted by Gasteiger charge is -2.39. The summed E-state index contributed by atoms with van der Waals surface area (Å²) in [5.74, 6) is -0.933. The second kappa shape index (κ2) is 10.2. The number of carbonyl (C=O) groups is 2. The molecule has 2 amide bonds. The summed E-state index contributed by atoms with van der Waals surface area (Å²) in [6.45, 7) is 6.45. The lowest BCUT2D eigenvalue weighted by atomic mass is 10.1. The summed E-state index contributed by atoms with van der Waals surface area (Å²) in [6.07, 6.45) is -4.58. The maximum absolute atomic E-state index is 13.1. The average molecular weight is 463 g/mol. The molecule has 33 heavy (non-hydrogen) atoms. The number of piperazine rings is 1. The van der Waals surface area contributed by atoms with Gasteiger partial charge in [-0.15, -0.1) is 0 Å². The second-order valence-electron chi connectivity index (χ2n) is 8.32. The highest BCUT2D eigenvalue weighted by molar-refractivity contribution is 5.95. The Labute approximate surface area is 192 Å². The molecule has 9 heteroatoms.